The Morgan fingerprint density at radius 1 is 0.861 bits per heavy atom. The van der Waals surface area contributed by atoms with Gasteiger partial charge in [0.25, 0.3) is 5.91 Å². The van der Waals surface area contributed by atoms with Crippen molar-refractivity contribution in [2.24, 2.45) is 16.8 Å². The molecule has 0 bridgehead atoms. The molecule has 3 atom stereocenters. The van der Waals surface area contributed by atoms with Gasteiger partial charge in [0.05, 0.1) is 17.3 Å². The Hall–Kier alpha value is -4.64. The molecule has 5 heteroatoms. The number of hydrogen-bond donors (Lipinski definition) is 2. The highest BCUT2D eigenvalue weighted by Crippen LogP contribution is 2.47. The highest BCUT2D eigenvalue weighted by molar-refractivity contribution is 6.08. The number of rotatable bonds is 0. The van der Waals surface area contributed by atoms with E-state index in [1.165, 1.54) is 5.57 Å². The largest absolute Gasteiger partial charge is 0.507 e. The molecule has 3 unspecified atom stereocenters. The minimum atomic E-state index is -0.421. The average molecular weight is 466 g/mol. The van der Waals surface area contributed by atoms with Crippen molar-refractivity contribution in [3.8, 4) is 0 Å². The van der Waals surface area contributed by atoms with Gasteiger partial charge >= 0.3 is 0 Å². The van der Waals surface area contributed by atoms with E-state index in [0.29, 0.717) is 5.56 Å². The van der Waals surface area contributed by atoms with Crippen molar-refractivity contribution in [1.82, 2.24) is 10.2 Å². The van der Waals surface area contributed by atoms with E-state index < -0.39 is 6.17 Å². The molecule has 0 saturated carbocycles. The van der Waals surface area contributed by atoms with Crippen LogP contribution < -0.4 is 15.8 Å². The van der Waals surface area contributed by atoms with E-state index >= 15 is 0 Å². The summed E-state index contributed by atoms with van der Waals surface area (Å²) in [4.78, 5) is 20.7. The first-order valence-corrected chi connectivity index (χ1v) is 12.3. The minimum absolute atomic E-state index is 0.00406. The molecule has 3 aliphatic heterocycles. The molecule has 170 valence electrons. The molecule has 5 nitrogen and oxygen atoms in total. The predicted octanol–water partition coefficient (Wildman–Crippen LogP) is 3.42. The van der Waals surface area contributed by atoms with Crippen LogP contribution in [0.25, 0.3) is 11.5 Å². The third-order valence-electron chi connectivity index (χ3n) is 8.40. The van der Waals surface area contributed by atoms with Crippen LogP contribution >= 0.6 is 0 Å². The van der Waals surface area contributed by atoms with Gasteiger partial charge in [0, 0.05) is 44.4 Å². The SMILES string of the molecule is O=C1c2cc3c(cc2C2N=C4C=CC=C5C=CC=C(C54)N12)=C(O)C1=C2C=CC=C4C=CC=C(NC=31)C42. The molecule has 36 heavy (non-hydrogen) atoms. The van der Waals surface area contributed by atoms with Gasteiger partial charge in [-0.05, 0) is 47.1 Å². The van der Waals surface area contributed by atoms with Gasteiger partial charge < -0.3 is 10.4 Å². The van der Waals surface area contributed by atoms with Crippen LogP contribution in [-0.2, 0) is 0 Å². The van der Waals surface area contributed by atoms with Gasteiger partial charge in [0.2, 0.25) is 0 Å². The third-order valence-corrected chi connectivity index (χ3v) is 8.40. The van der Waals surface area contributed by atoms with E-state index in [2.05, 4.69) is 47.8 Å². The second-order valence-electron chi connectivity index (χ2n) is 10.1. The number of aliphatic imine (C=N–C) groups is 1. The topological polar surface area (TPSA) is 64.9 Å². The molecule has 3 heterocycles. The number of amides is 1. The van der Waals surface area contributed by atoms with Crippen molar-refractivity contribution in [1.29, 1.82) is 0 Å². The Morgan fingerprint density at radius 3 is 2.53 bits per heavy atom. The molecule has 0 saturated heterocycles. The second-order valence-corrected chi connectivity index (χ2v) is 10.1. The van der Waals surface area contributed by atoms with Crippen LogP contribution in [0, 0.1) is 11.8 Å². The van der Waals surface area contributed by atoms with Crippen LogP contribution in [0.4, 0.5) is 0 Å². The number of hydrogen-bond acceptors (Lipinski definition) is 4. The molecule has 0 spiro atoms. The van der Waals surface area contributed by atoms with Crippen molar-refractivity contribution >= 4 is 23.1 Å². The molecule has 5 aliphatic carbocycles. The molecule has 1 amide bonds. The summed E-state index contributed by atoms with van der Waals surface area (Å²) in [5.74, 6) is 0.316. The van der Waals surface area contributed by atoms with Gasteiger partial charge in [-0.15, -0.1) is 0 Å². The number of aliphatic hydroxyl groups excluding tert-OH is 1. The van der Waals surface area contributed by atoms with Gasteiger partial charge in [-0.1, -0.05) is 54.7 Å². The van der Waals surface area contributed by atoms with E-state index in [4.69, 9.17) is 4.99 Å². The van der Waals surface area contributed by atoms with Crippen molar-refractivity contribution < 1.29 is 9.90 Å². The summed E-state index contributed by atoms with van der Waals surface area (Å²) in [6.45, 7) is 0. The van der Waals surface area contributed by atoms with Gasteiger partial charge in [0.15, 0.2) is 6.17 Å². The van der Waals surface area contributed by atoms with E-state index in [9.17, 15) is 9.90 Å². The number of fused-ring (bicyclic) bond motifs is 6. The lowest BCUT2D eigenvalue weighted by Gasteiger charge is -2.38. The Morgan fingerprint density at radius 2 is 1.64 bits per heavy atom. The van der Waals surface area contributed by atoms with Gasteiger partial charge in [-0.3, -0.25) is 14.7 Å². The lowest BCUT2D eigenvalue weighted by atomic mass is 9.76. The summed E-state index contributed by atoms with van der Waals surface area (Å²) in [6, 6.07) is 3.94. The average Bonchev–Trinajstić information content (AvgIpc) is 3.34. The Labute approximate surface area is 206 Å². The summed E-state index contributed by atoms with van der Waals surface area (Å²) in [6.07, 6.45) is 24.4. The van der Waals surface area contributed by atoms with Crippen molar-refractivity contribution in [2.45, 2.75) is 6.17 Å². The fourth-order valence-electron chi connectivity index (χ4n) is 6.89. The zero-order chi connectivity index (χ0) is 23.7. The Bertz CT molecular complexity index is 1850. The molecule has 9 rings (SSSR count). The fourth-order valence-corrected chi connectivity index (χ4v) is 6.89. The van der Waals surface area contributed by atoms with Crippen LogP contribution in [0.1, 0.15) is 22.1 Å². The van der Waals surface area contributed by atoms with Crippen LogP contribution in [0.2, 0.25) is 0 Å². The Kier molecular flexibility index (Phi) is 3.18. The van der Waals surface area contributed by atoms with Crippen molar-refractivity contribution in [3.63, 3.8) is 0 Å². The first kappa shape index (κ1) is 18.7. The number of nitrogens with zero attached hydrogens (tertiary/aromatic N) is 2. The maximum atomic E-state index is 13.9. The van der Waals surface area contributed by atoms with Crippen LogP contribution in [-0.4, -0.2) is 21.6 Å². The van der Waals surface area contributed by atoms with Crippen molar-refractivity contribution in [2.75, 3.05) is 0 Å². The normalized spacial score (nSPS) is 28.8. The van der Waals surface area contributed by atoms with Crippen LogP contribution in [0.3, 0.4) is 0 Å². The number of carbonyl (C=O) groups is 1. The summed E-state index contributed by atoms with van der Waals surface area (Å²) >= 11 is 0. The molecule has 0 radical (unpaired) electrons. The molecule has 1 aromatic rings. The maximum absolute atomic E-state index is 13.9. The van der Waals surface area contributed by atoms with Gasteiger partial charge in [-0.25, -0.2) is 0 Å². The predicted molar refractivity (Wildman–Crippen MR) is 138 cm³/mol. The lowest BCUT2D eigenvalue weighted by Crippen LogP contribution is -2.39. The maximum Gasteiger partial charge on any atom is 0.260 e. The summed E-state index contributed by atoms with van der Waals surface area (Å²) in [5, 5.41) is 16.8. The zero-order valence-corrected chi connectivity index (χ0v) is 19.1. The van der Waals surface area contributed by atoms with E-state index in [1.54, 1.807) is 0 Å². The number of allylic oxidation sites excluding steroid dienone is 14. The molecular weight excluding hydrogens is 446 g/mol. The molecule has 0 fully saturated rings. The first-order chi connectivity index (χ1) is 17.7. The monoisotopic (exact) mass is 465 g/mol. The highest BCUT2D eigenvalue weighted by atomic mass is 16.3. The van der Waals surface area contributed by atoms with Crippen LogP contribution in [0.5, 0.6) is 0 Å². The van der Waals surface area contributed by atoms with Crippen molar-refractivity contribution in [3.05, 3.63) is 140 Å². The fraction of sp³-hybridized carbons (Fsp3) is 0.0968. The van der Waals surface area contributed by atoms with E-state index in [1.807, 2.05) is 47.4 Å². The number of carbonyl (C=O) groups excluding carboxylic acids is 1. The molecular formula is C31H19N3O2. The van der Waals surface area contributed by atoms with Gasteiger partial charge in [0.1, 0.15) is 5.76 Å². The highest BCUT2D eigenvalue weighted by Gasteiger charge is 2.47. The molecule has 0 aromatic heterocycles. The summed E-state index contributed by atoms with van der Waals surface area (Å²) in [7, 11) is 0. The number of aliphatic hydroxyl groups is 1. The van der Waals surface area contributed by atoms with Crippen LogP contribution in [0.15, 0.2) is 124 Å². The number of nitrogens with one attached hydrogen (secondary N) is 1. The number of benzene rings is 1. The lowest BCUT2D eigenvalue weighted by molar-refractivity contribution is 0.0774. The molecule has 2 N–H and O–H groups in total. The summed E-state index contributed by atoms with van der Waals surface area (Å²) < 4.78 is 0. The molecule has 1 aromatic carbocycles. The minimum Gasteiger partial charge on any atom is -0.507 e. The molecule has 8 aliphatic rings. The summed E-state index contributed by atoms with van der Waals surface area (Å²) in [5.41, 5.74) is 9.68. The zero-order valence-electron chi connectivity index (χ0n) is 19.1. The quantitative estimate of drug-likeness (QED) is 0.617. The smallest absolute Gasteiger partial charge is 0.260 e. The third kappa shape index (κ3) is 2.05. The van der Waals surface area contributed by atoms with Gasteiger partial charge in [-0.2, -0.15) is 0 Å². The Balaban J connectivity index is 1.30. The first-order valence-electron chi connectivity index (χ1n) is 12.3. The standard InChI is InChI=1S/C31H19N3O2/c35-29-19-14-20-21(31(36)34-24-12-4-8-16-7-3-11-23(26(16)24)33-30(20)34)13-18(19)28-27(29)17-9-1-5-15-6-2-10-22(32-28)25(15)17/h1-14,25-26,30,32,35H. The van der Waals surface area contributed by atoms with E-state index in [0.717, 1.165) is 55.5 Å². The van der Waals surface area contributed by atoms with E-state index in [-0.39, 0.29) is 23.5 Å². The second kappa shape index (κ2) is 6.13.